The Labute approximate surface area is 190 Å². The van der Waals surface area contributed by atoms with Crippen molar-refractivity contribution in [3.63, 3.8) is 0 Å². The molecule has 8 heteroatoms. The van der Waals surface area contributed by atoms with Crippen LogP contribution in [0.3, 0.4) is 0 Å². The zero-order valence-electron chi connectivity index (χ0n) is 17.5. The molecule has 0 amide bonds. The van der Waals surface area contributed by atoms with Gasteiger partial charge >= 0.3 is 0 Å². The smallest absolute Gasteiger partial charge is 0.191 e. The summed E-state index contributed by atoms with van der Waals surface area (Å²) in [5.74, 6) is 2.60. The number of hydrogen-bond acceptors (Lipinski definition) is 5. The third kappa shape index (κ3) is 10.5. The van der Waals surface area contributed by atoms with Crippen molar-refractivity contribution in [2.24, 2.45) is 4.99 Å². The molecule has 2 rings (SSSR count). The van der Waals surface area contributed by atoms with E-state index in [-0.39, 0.29) is 24.0 Å². The molecule has 2 aromatic rings. The number of benzene rings is 1. The van der Waals surface area contributed by atoms with Crippen molar-refractivity contribution in [2.45, 2.75) is 13.0 Å². The van der Waals surface area contributed by atoms with Crippen LogP contribution in [0, 0.1) is 0 Å². The molecule has 0 bridgehead atoms. The van der Waals surface area contributed by atoms with Gasteiger partial charge in [-0.05, 0) is 36.9 Å². The van der Waals surface area contributed by atoms with Gasteiger partial charge in [0.1, 0.15) is 18.1 Å². The maximum absolute atomic E-state index is 5.87. The van der Waals surface area contributed by atoms with E-state index in [2.05, 4.69) is 39.7 Å². The minimum Gasteiger partial charge on any atom is -0.492 e. The van der Waals surface area contributed by atoms with Gasteiger partial charge in [-0.2, -0.15) is 0 Å². The summed E-state index contributed by atoms with van der Waals surface area (Å²) < 4.78 is 16.3. The van der Waals surface area contributed by atoms with E-state index in [1.165, 1.54) is 0 Å². The second kappa shape index (κ2) is 15.1. The topological polar surface area (TPSA) is 71.3 Å². The van der Waals surface area contributed by atoms with Crippen LogP contribution in [0.2, 0.25) is 0 Å². The Morgan fingerprint density at radius 1 is 1.14 bits per heavy atom. The van der Waals surface area contributed by atoms with E-state index in [0.29, 0.717) is 13.2 Å². The Balaban J connectivity index is 0.00000420. The van der Waals surface area contributed by atoms with Gasteiger partial charge < -0.3 is 29.4 Å². The predicted molar refractivity (Wildman–Crippen MR) is 127 cm³/mol. The number of methoxy groups -OCH3 is 1. The van der Waals surface area contributed by atoms with Gasteiger partial charge in [0, 0.05) is 46.8 Å². The van der Waals surface area contributed by atoms with Crippen LogP contribution >= 0.6 is 24.0 Å². The highest BCUT2D eigenvalue weighted by molar-refractivity contribution is 14.0. The number of likely N-dealkylation sites (N-methyl/N-ethyl adjacent to an activating group) is 1. The fourth-order valence-electron chi connectivity index (χ4n) is 2.59. The highest BCUT2D eigenvalue weighted by Crippen LogP contribution is 2.13. The first-order chi connectivity index (χ1) is 13.7. The molecular formula is C21H33IN4O3. The minimum atomic E-state index is 0. The average molecular weight is 516 g/mol. The third-order valence-electron chi connectivity index (χ3n) is 4.24. The molecule has 0 saturated carbocycles. The van der Waals surface area contributed by atoms with E-state index in [0.717, 1.165) is 55.7 Å². The van der Waals surface area contributed by atoms with Crippen LogP contribution in [0.25, 0.3) is 0 Å². The summed E-state index contributed by atoms with van der Waals surface area (Å²) >= 11 is 0. The number of halogens is 1. The molecule has 0 spiro atoms. The van der Waals surface area contributed by atoms with Gasteiger partial charge in [0.25, 0.3) is 0 Å². The SMILES string of the molecule is CN=C(NCCc1ccco1)NCc1cccc(OCCN(C)CCOC)c1.I. The molecule has 0 aliphatic heterocycles. The summed E-state index contributed by atoms with van der Waals surface area (Å²) in [5.41, 5.74) is 1.14. The van der Waals surface area contributed by atoms with Crippen LogP contribution in [-0.4, -0.2) is 64.9 Å². The molecule has 0 unspecified atom stereocenters. The van der Waals surface area contributed by atoms with Crippen molar-refractivity contribution in [2.75, 3.05) is 54.1 Å². The molecule has 0 aliphatic rings. The summed E-state index contributed by atoms with van der Waals surface area (Å²) in [7, 11) is 5.54. The second-order valence-corrected chi connectivity index (χ2v) is 6.47. The normalized spacial score (nSPS) is 11.2. The van der Waals surface area contributed by atoms with E-state index < -0.39 is 0 Å². The molecule has 0 radical (unpaired) electrons. The maximum atomic E-state index is 5.87. The summed E-state index contributed by atoms with van der Waals surface area (Å²) in [6.07, 6.45) is 2.50. The van der Waals surface area contributed by atoms with Crippen LogP contribution in [0.4, 0.5) is 0 Å². The molecule has 29 heavy (non-hydrogen) atoms. The van der Waals surface area contributed by atoms with Crippen molar-refractivity contribution in [1.82, 2.24) is 15.5 Å². The lowest BCUT2D eigenvalue weighted by atomic mass is 10.2. The van der Waals surface area contributed by atoms with Crippen molar-refractivity contribution >= 4 is 29.9 Å². The lowest BCUT2D eigenvalue weighted by Crippen LogP contribution is -2.37. The monoisotopic (exact) mass is 516 g/mol. The van der Waals surface area contributed by atoms with Crippen molar-refractivity contribution < 1.29 is 13.9 Å². The quantitative estimate of drug-likeness (QED) is 0.257. The predicted octanol–water partition coefficient (Wildman–Crippen LogP) is 2.76. The van der Waals surface area contributed by atoms with Crippen molar-refractivity contribution in [3.05, 3.63) is 54.0 Å². The Kier molecular flexibility index (Phi) is 13.2. The molecule has 1 aromatic carbocycles. The first kappa shape index (κ1) is 25.3. The lowest BCUT2D eigenvalue weighted by Gasteiger charge is -2.16. The zero-order valence-corrected chi connectivity index (χ0v) is 19.8. The zero-order chi connectivity index (χ0) is 20.0. The van der Waals surface area contributed by atoms with Crippen molar-refractivity contribution in [3.8, 4) is 5.75 Å². The first-order valence-corrected chi connectivity index (χ1v) is 9.57. The average Bonchev–Trinajstić information content (AvgIpc) is 3.23. The number of hydrogen-bond donors (Lipinski definition) is 2. The Bertz CT molecular complexity index is 695. The summed E-state index contributed by atoms with van der Waals surface area (Å²) in [6.45, 7) is 4.56. The maximum Gasteiger partial charge on any atom is 0.191 e. The van der Waals surface area contributed by atoms with E-state index >= 15 is 0 Å². The molecule has 0 saturated heterocycles. The van der Waals surface area contributed by atoms with E-state index in [1.807, 2.05) is 24.3 Å². The number of furan rings is 1. The molecule has 1 aromatic heterocycles. The largest absolute Gasteiger partial charge is 0.492 e. The molecule has 1 heterocycles. The number of guanidine groups is 1. The summed E-state index contributed by atoms with van der Waals surface area (Å²) in [6, 6.07) is 12.0. The van der Waals surface area contributed by atoms with Gasteiger partial charge in [-0.15, -0.1) is 24.0 Å². The molecular weight excluding hydrogens is 483 g/mol. The molecule has 2 N–H and O–H groups in total. The van der Waals surface area contributed by atoms with Gasteiger partial charge in [0.05, 0.1) is 12.9 Å². The van der Waals surface area contributed by atoms with Crippen LogP contribution in [0.1, 0.15) is 11.3 Å². The third-order valence-corrected chi connectivity index (χ3v) is 4.24. The standard InChI is InChI=1S/C21H32N4O3.HI/c1-22-21(23-10-9-19-8-5-13-27-19)24-17-18-6-4-7-20(16-18)28-15-12-25(2)11-14-26-3;/h4-8,13,16H,9-12,14-15,17H2,1-3H3,(H2,22,23,24);1H. The lowest BCUT2D eigenvalue weighted by molar-refractivity contribution is 0.150. The van der Waals surface area contributed by atoms with Crippen LogP contribution in [-0.2, 0) is 17.7 Å². The first-order valence-electron chi connectivity index (χ1n) is 9.57. The number of aliphatic imine (C=N–C) groups is 1. The molecule has 162 valence electrons. The van der Waals surface area contributed by atoms with Crippen LogP contribution < -0.4 is 15.4 Å². The number of ether oxygens (including phenoxy) is 2. The van der Waals surface area contributed by atoms with Gasteiger partial charge in [-0.25, -0.2) is 0 Å². The Hall–Kier alpha value is -1.78. The van der Waals surface area contributed by atoms with Gasteiger partial charge in [-0.1, -0.05) is 12.1 Å². The summed E-state index contributed by atoms with van der Waals surface area (Å²) in [5, 5.41) is 6.61. The number of rotatable bonds is 12. The molecule has 7 nitrogen and oxygen atoms in total. The fraction of sp³-hybridized carbons (Fsp3) is 0.476. The number of nitrogens with zero attached hydrogens (tertiary/aromatic N) is 2. The van der Waals surface area contributed by atoms with E-state index in [1.54, 1.807) is 20.4 Å². The van der Waals surface area contributed by atoms with Crippen LogP contribution in [0.15, 0.2) is 52.1 Å². The fourth-order valence-corrected chi connectivity index (χ4v) is 2.59. The van der Waals surface area contributed by atoms with E-state index in [4.69, 9.17) is 13.9 Å². The highest BCUT2D eigenvalue weighted by atomic mass is 127. The molecule has 0 aliphatic carbocycles. The molecule has 0 atom stereocenters. The van der Waals surface area contributed by atoms with Gasteiger partial charge in [0.2, 0.25) is 0 Å². The van der Waals surface area contributed by atoms with E-state index in [9.17, 15) is 0 Å². The summed E-state index contributed by atoms with van der Waals surface area (Å²) in [4.78, 5) is 6.44. The number of nitrogens with one attached hydrogen (secondary N) is 2. The minimum absolute atomic E-state index is 0. The Morgan fingerprint density at radius 2 is 1.97 bits per heavy atom. The second-order valence-electron chi connectivity index (χ2n) is 6.47. The van der Waals surface area contributed by atoms with Gasteiger partial charge in [-0.3, -0.25) is 4.99 Å². The molecule has 0 fully saturated rings. The highest BCUT2D eigenvalue weighted by Gasteiger charge is 2.03. The van der Waals surface area contributed by atoms with Crippen LogP contribution in [0.5, 0.6) is 5.75 Å². The van der Waals surface area contributed by atoms with Gasteiger partial charge in [0.15, 0.2) is 5.96 Å². The Morgan fingerprint density at radius 3 is 2.69 bits per heavy atom. The van der Waals surface area contributed by atoms with Crippen molar-refractivity contribution in [1.29, 1.82) is 0 Å².